The fourth-order valence-corrected chi connectivity index (χ4v) is 3.84. The summed E-state index contributed by atoms with van der Waals surface area (Å²) in [5.74, 6) is -6.92. The van der Waals surface area contributed by atoms with E-state index in [4.69, 9.17) is 17.2 Å². The third kappa shape index (κ3) is 13.4. The minimum absolute atomic E-state index is 0.0217. The fraction of sp³-hybridized carbons (Fsp3) is 0.519. The minimum atomic E-state index is -1.64. The monoisotopic (exact) mass is 622 g/mol. The highest BCUT2D eigenvalue weighted by molar-refractivity contribution is 5.96. The normalized spacial score (nSPS) is 14.2. The smallest absolute Gasteiger partial charge is 0.326 e. The Morgan fingerprint density at radius 2 is 1.41 bits per heavy atom. The maximum absolute atomic E-state index is 13.1. The van der Waals surface area contributed by atoms with Crippen molar-refractivity contribution < 1.29 is 44.1 Å². The van der Waals surface area contributed by atoms with Crippen molar-refractivity contribution in [3.63, 3.8) is 0 Å². The molecule has 0 saturated carbocycles. The molecule has 44 heavy (non-hydrogen) atoms. The molecule has 0 aliphatic rings. The second kappa shape index (κ2) is 17.9. The van der Waals surface area contributed by atoms with Crippen LogP contribution in [0.15, 0.2) is 29.3 Å². The average Bonchev–Trinajstić information content (AvgIpc) is 2.93. The molecule has 1 aromatic rings. The average molecular weight is 623 g/mol. The molecule has 17 heteroatoms. The third-order valence-corrected chi connectivity index (χ3v) is 6.31. The Labute approximate surface area is 254 Å². The summed E-state index contributed by atoms with van der Waals surface area (Å²) in [5, 5.41) is 37.8. The quantitative estimate of drug-likeness (QED) is 0.0461. The summed E-state index contributed by atoms with van der Waals surface area (Å²) in [5.41, 5.74) is 16.8. The number of aliphatic carboxylic acids is 2. The molecular formula is C27H42N8O9. The minimum Gasteiger partial charge on any atom is -0.508 e. The number of carboxylic acids is 2. The van der Waals surface area contributed by atoms with Crippen LogP contribution in [0.25, 0.3) is 0 Å². The fourth-order valence-electron chi connectivity index (χ4n) is 3.84. The van der Waals surface area contributed by atoms with E-state index in [-0.39, 0.29) is 31.1 Å². The number of nitrogens with zero attached hydrogens (tertiary/aromatic N) is 1. The van der Waals surface area contributed by atoms with Crippen LogP contribution in [0.5, 0.6) is 5.75 Å². The number of nitrogens with two attached hydrogens (primary N) is 3. The van der Waals surface area contributed by atoms with Crippen LogP contribution < -0.4 is 38.5 Å². The maximum Gasteiger partial charge on any atom is 0.326 e. The highest BCUT2D eigenvalue weighted by Crippen LogP contribution is 2.12. The molecule has 244 valence electrons. The number of hydrogen-bond acceptors (Lipinski definition) is 9. The summed E-state index contributed by atoms with van der Waals surface area (Å²) in [6.45, 7) is 4.70. The van der Waals surface area contributed by atoms with E-state index in [0.717, 1.165) is 0 Å². The zero-order valence-corrected chi connectivity index (χ0v) is 24.8. The van der Waals surface area contributed by atoms with Gasteiger partial charge in [-0.2, -0.15) is 0 Å². The molecule has 0 radical (unpaired) electrons. The van der Waals surface area contributed by atoms with Crippen LogP contribution in [0.3, 0.4) is 0 Å². The number of carboxylic acid groups (broad SMARTS) is 2. The highest BCUT2D eigenvalue weighted by Gasteiger charge is 2.33. The summed E-state index contributed by atoms with van der Waals surface area (Å²) in [7, 11) is 0. The third-order valence-electron chi connectivity index (χ3n) is 6.31. The number of carbonyl (C=O) groups excluding carboxylic acids is 4. The number of benzene rings is 1. The standard InChI is InChI=1S/C27H42N8O9/c1-13(2)21(25(42)34-19(26(43)44)11-15-6-8-16(36)9-7-15)35-24(41)18(12-20(37)38)33-22(39)14(3)32-23(40)17(28)5-4-10-31-27(29)30/h6-9,13-14,17-19,21,36H,4-5,10-12,28H2,1-3H3,(H,32,40)(H,33,39)(H,34,42)(H,35,41)(H,37,38)(H,43,44)(H4,29,30,31). The van der Waals surface area contributed by atoms with Gasteiger partial charge in [0.2, 0.25) is 23.6 Å². The van der Waals surface area contributed by atoms with Gasteiger partial charge in [-0.05, 0) is 43.4 Å². The molecule has 0 aliphatic heterocycles. The van der Waals surface area contributed by atoms with Gasteiger partial charge in [0, 0.05) is 13.0 Å². The lowest BCUT2D eigenvalue weighted by molar-refractivity contribution is -0.143. The number of aromatic hydroxyl groups is 1. The van der Waals surface area contributed by atoms with Gasteiger partial charge in [-0.15, -0.1) is 0 Å². The summed E-state index contributed by atoms with van der Waals surface area (Å²) in [6.07, 6.45) is -0.380. The first-order valence-corrected chi connectivity index (χ1v) is 13.8. The van der Waals surface area contributed by atoms with Crippen molar-refractivity contribution in [1.82, 2.24) is 21.3 Å². The van der Waals surface area contributed by atoms with Gasteiger partial charge in [-0.1, -0.05) is 26.0 Å². The van der Waals surface area contributed by atoms with Crippen LogP contribution in [0.4, 0.5) is 0 Å². The van der Waals surface area contributed by atoms with E-state index < -0.39 is 78.1 Å². The van der Waals surface area contributed by atoms with E-state index in [1.54, 1.807) is 13.8 Å². The number of carbonyl (C=O) groups is 6. The molecule has 0 saturated heterocycles. The van der Waals surface area contributed by atoms with Crippen molar-refractivity contribution >= 4 is 41.5 Å². The number of hydrogen-bond donors (Lipinski definition) is 10. The predicted molar refractivity (Wildman–Crippen MR) is 158 cm³/mol. The SMILES string of the molecule is CC(NC(=O)C(N)CCCN=C(N)N)C(=O)NC(CC(=O)O)C(=O)NC(C(=O)NC(Cc1ccc(O)cc1)C(=O)O)C(C)C. The number of amides is 4. The van der Waals surface area contributed by atoms with Gasteiger partial charge in [0.15, 0.2) is 5.96 Å². The second-order valence-electron chi connectivity index (χ2n) is 10.4. The van der Waals surface area contributed by atoms with Gasteiger partial charge in [-0.3, -0.25) is 29.0 Å². The molecule has 0 bridgehead atoms. The van der Waals surface area contributed by atoms with E-state index >= 15 is 0 Å². The number of nitrogens with one attached hydrogen (secondary N) is 4. The maximum atomic E-state index is 13.1. The number of guanidine groups is 1. The molecule has 1 rings (SSSR count). The first-order chi connectivity index (χ1) is 20.5. The van der Waals surface area contributed by atoms with Crippen LogP contribution >= 0.6 is 0 Å². The lowest BCUT2D eigenvalue weighted by Crippen LogP contribution is -2.59. The Hall–Kier alpha value is -4.93. The Kier molecular flexibility index (Phi) is 15.1. The molecule has 17 nitrogen and oxygen atoms in total. The van der Waals surface area contributed by atoms with Crippen LogP contribution in [0.1, 0.15) is 45.6 Å². The largest absolute Gasteiger partial charge is 0.508 e. The first kappa shape index (κ1) is 37.1. The summed E-state index contributed by atoms with van der Waals surface area (Å²) in [4.78, 5) is 78.3. The molecule has 1 aromatic carbocycles. The van der Waals surface area contributed by atoms with Gasteiger partial charge in [0.05, 0.1) is 12.5 Å². The number of phenolic OH excluding ortho intramolecular Hbond substituents is 1. The number of phenols is 1. The van der Waals surface area contributed by atoms with E-state index in [2.05, 4.69) is 26.3 Å². The molecule has 5 unspecified atom stereocenters. The highest BCUT2D eigenvalue weighted by atomic mass is 16.4. The van der Waals surface area contributed by atoms with Gasteiger partial charge in [0.1, 0.15) is 29.9 Å². The van der Waals surface area contributed by atoms with E-state index in [9.17, 15) is 44.1 Å². The van der Waals surface area contributed by atoms with Crippen molar-refractivity contribution in [1.29, 1.82) is 0 Å². The zero-order valence-electron chi connectivity index (χ0n) is 24.8. The van der Waals surface area contributed by atoms with Crippen LogP contribution in [-0.4, -0.2) is 93.6 Å². The molecule has 0 spiro atoms. The van der Waals surface area contributed by atoms with Crippen LogP contribution in [0.2, 0.25) is 0 Å². The van der Waals surface area contributed by atoms with Crippen molar-refractivity contribution in [3.8, 4) is 5.75 Å². The molecule has 13 N–H and O–H groups in total. The van der Waals surface area contributed by atoms with Crippen LogP contribution in [-0.2, 0) is 35.2 Å². The molecule has 4 amide bonds. The summed E-state index contributed by atoms with van der Waals surface area (Å²) >= 11 is 0. The van der Waals surface area contributed by atoms with Gasteiger partial charge >= 0.3 is 11.9 Å². The van der Waals surface area contributed by atoms with Crippen molar-refractivity contribution in [2.45, 2.75) is 76.7 Å². The Balaban J connectivity index is 2.90. The van der Waals surface area contributed by atoms with E-state index in [1.807, 2.05) is 0 Å². The van der Waals surface area contributed by atoms with E-state index in [0.29, 0.717) is 12.0 Å². The number of aliphatic imine (C=N–C) groups is 1. The zero-order chi connectivity index (χ0) is 33.6. The second-order valence-corrected chi connectivity index (χ2v) is 10.4. The van der Waals surface area contributed by atoms with Gasteiger partial charge < -0.3 is 53.8 Å². The topological polar surface area (TPSA) is 302 Å². The van der Waals surface area contributed by atoms with Crippen molar-refractivity contribution in [2.24, 2.45) is 28.1 Å². The number of rotatable bonds is 18. The Morgan fingerprint density at radius 1 is 0.818 bits per heavy atom. The lowest BCUT2D eigenvalue weighted by atomic mass is 10.0. The summed E-state index contributed by atoms with van der Waals surface area (Å²) in [6, 6.07) is -0.830. The van der Waals surface area contributed by atoms with Crippen LogP contribution in [0, 0.1) is 5.92 Å². The molecule has 5 atom stereocenters. The Bertz CT molecular complexity index is 1200. The van der Waals surface area contributed by atoms with Gasteiger partial charge in [0.25, 0.3) is 0 Å². The Morgan fingerprint density at radius 3 is 1.93 bits per heavy atom. The molecule has 0 aromatic heterocycles. The lowest BCUT2D eigenvalue weighted by Gasteiger charge is -2.27. The van der Waals surface area contributed by atoms with Crippen molar-refractivity contribution in [2.75, 3.05) is 6.54 Å². The molecule has 0 fully saturated rings. The molecule has 0 aliphatic carbocycles. The van der Waals surface area contributed by atoms with Gasteiger partial charge in [-0.25, -0.2) is 4.79 Å². The molecule has 0 heterocycles. The van der Waals surface area contributed by atoms with Crippen molar-refractivity contribution in [3.05, 3.63) is 29.8 Å². The predicted octanol–water partition coefficient (Wildman–Crippen LogP) is -2.51. The van der Waals surface area contributed by atoms with E-state index in [1.165, 1.54) is 31.2 Å². The molecular weight excluding hydrogens is 580 g/mol. The summed E-state index contributed by atoms with van der Waals surface area (Å²) < 4.78 is 0. The first-order valence-electron chi connectivity index (χ1n) is 13.8.